The summed E-state index contributed by atoms with van der Waals surface area (Å²) in [5, 5.41) is 3.24. The monoisotopic (exact) mass is 659 g/mol. The molecule has 1 heterocycles. The van der Waals surface area contributed by atoms with Gasteiger partial charge in [0, 0.05) is 23.9 Å². The number of ketones is 2. The van der Waals surface area contributed by atoms with E-state index in [0.29, 0.717) is 35.7 Å². The number of nitrogens with one attached hydrogen (secondary N) is 1. The largest absolute Gasteiger partial charge is 0.444 e. The number of imide groups is 1. The van der Waals surface area contributed by atoms with Crippen molar-refractivity contribution in [2.24, 2.45) is 5.92 Å². The van der Waals surface area contributed by atoms with Crippen LogP contribution in [0.4, 0.5) is 4.79 Å². The Hall–Kier alpha value is -3.76. The van der Waals surface area contributed by atoms with Crippen molar-refractivity contribution in [2.45, 2.75) is 88.9 Å². The van der Waals surface area contributed by atoms with Gasteiger partial charge in [-0.1, -0.05) is 47.5 Å². The van der Waals surface area contributed by atoms with Gasteiger partial charge in [0.25, 0.3) is 5.79 Å². The second kappa shape index (κ2) is 12.6. The highest BCUT2D eigenvalue weighted by Crippen LogP contribution is 2.51. The summed E-state index contributed by atoms with van der Waals surface area (Å²) in [5.41, 5.74) is -0.510. The van der Waals surface area contributed by atoms with Crippen molar-refractivity contribution in [3.05, 3.63) is 69.7 Å². The van der Waals surface area contributed by atoms with Crippen molar-refractivity contribution < 1.29 is 43.0 Å². The maximum Gasteiger partial charge on any atom is 0.414 e. The lowest BCUT2D eigenvalue weighted by Crippen LogP contribution is -2.51. The molecular weight excluding hydrogens is 625 g/mol. The lowest BCUT2D eigenvalue weighted by molar-refractivity contribution is -0.238. The third-order valence-electron chi connectivity index (χ3n) is 7.69. The molecule has 1 aliphatic heterocycles. The van der Waals surface area contributed by atoms with Gasteiger partial charge in [-0.15, -0.1) is 0 Å². The molecule has 1 N–H and O–H groups in total. The highest BCUT2D eigenvalue weighted by atomic mass is 35.5. The lowest BCUT2D eigenvalue weighted by Gasteiger charge is -2.33. The van der Waals surface area contributed by atoms with E-state index in [9.17, 15) is 28.8 Å². The average molecular weight is 661 g/mol. The topological polar surface area (TPSA) is 142 Å². The Morgan fingerprint density at radius 1 is 0.800 bits per heavy atom. The number of hydrogen-bond donors (Lipinski definition) is 1. The van der Waals surface area contributed by atoms with Crippen LogP contribution in [0.3, 0.4) is 0 Å². The molecule has 0 aromatic heterocycles. The quantitative estimate of drug-likeness (QED) is 0.289. The minimum absolute atomic E-state index is 0.194. The van der Waals surface area contributed by atoms with Crippen LogP contribution in [-0.2, 0) is 49.0 Å². The third-order valence-corrected chi connectivity index (χ3v) is 8.19. The number of Topliss-reactive ketones (excluding diaryl/α,β-unsaturated/α-hetero) is 2. The predicted octanol–water partition coefficient (Wildman–Crippen LogP) is 5.78. The van der Waals surface area contributed by atoms with Crippen molar-refractivity contribution in [3.8, 4) is 0 Å². The molecular formula is C33H35Cl2NO9. The summed E-state index contributed by atoms with van der Waals surface area (Å²) in [6.45, 7) is 8.00. The molecule has 45 heavy (non-hydrogen) atoms. The summed E-state index contributed by atoms with van der Waals surface area (Å²) >= 11 is 11.7. The van der Waals surface area contributed by atoms with Gasteiger partial charge in [0.2, 0.25) is 11.8 Å². The molecule has 3 fully saturated rings. The van der Waals surface area contributed by atoms with Crippen LogP contribution in [0.1, 0.15) is 77.8 Å². The zero-order valence-corrected chi connectivity index (χ0v) is 27.2. The summed E-state index contributed by atoms with van der Waals surface area (Å²) in [6, 6.07) is 13.9. The lowest BCUT2D eigenvalue weighted by atomic mass is 9.84. The Balaban J connectivity index is 0.000000205. The van der Waals surface area contributed by atoms with E-state index in [4.69, 9.17) is 37.4 Å². The SMILES string of the molecule is CC(C)(C)OC(=O)NC(=O)CC(=O)C1(c2ccc(Cl)cc2)CC1.CC1(C)OC(=O)C(C(=O)C2(c3ccc(Cl)cc3)CC2)C(=O)O1. The molecule has 0 radical (unpaired) electrons. The highest BCUT2D eigenvalue weighted by molar-refractivity contribution is 6.31. The number of carbonyl (C=O) groups is 6. The van der Waals surface area contributed by atoms with Gasteiger partial charge < -0.3 is 14.2 Å². The van der Waals surface area contributed by atoms with Crippen molar-refractivity contribution in [3.63, 3.8) is 0 Å². The van der Waals surface area contributed by atoms with E-state index < -0.39 is 57.9 Å². The number of esters is 2. The smallest absolute Gasteiger partial charge is 0.414 e. The fourth-order valence-corrected chi connectivity index (χ4v) is 5.43. The molecule has 2 amide bonds. The van der Waals surface area contributed by atoms with E-state index in [1.54, 1.807) is 69.3 Å². The first kappa shape index (κ1) is 34.1. The highest BCUT2D eigenvalue weighted by Gasteiger charge is 2.59. The van der Waals surface area contributed by atoms with Crippen LogP contribution in [0.5, 0.6) is 0 Å². The van der Waals surface area contributed by atoms with Gasteiger partial charge in [-0.25, -0.2) is 4.79 Å². The number of benzene rings is 2. The summed E-state index contributed by atoms with van der Waals surface area (Å²) < 4.78 is 15.1. The second-order valence-electron chi connectivity index (χ2n) is 12.9. The molecule has 10 nitrogen and oxygen atoms in total. The van der Waals surface area contributed by atoms with Crippen LogP contribution in [0.25, 0.3) is 0 Å². The summed E-state index contributed by atoms with van der Waals surface area (Å²) in [7, 11) is 0. The molecule has 2 aliphatic carbocycles. The molecule has 5 rings (SSSR count). The number of halogens is 2. The fraction of sp³-hybridized carbons (Fsp3) is 0.455. The van der Waals surface area contributed by atoms with Crippen molar-refractivity contribution in [1.29, 1.82) is 0 Å². The Labute approximate surface area is 271 Å². The number of carbonyl (C=O) groups excluding carboxylic acids is 6. The molecule has 2 aromatic rings. The zero-order valence-electron chi connectivity index (χ0n) is 25.7. The van der Waals surface area contributed by atoms with Crippen molar-refractivity contribution in [2.75, 3.05) is 0 Å². The summed E-state index contributed by atoms with van der Waals surface area (Å²) in [5.74, 6) is -5.82. The standard InChI is InChI=1S/C17H20ClNO4.C16H15ClO5/c1-16(2,3)23-15(22)19-14(21)10-13(20)17(8-9-17)11-4-6-12(18)7-5-11;1-15(2)21-13(19)11(14(20)22-15)12(18)16(7-8-16)9-3-5-10(17)6-4-9/h4-7H,8-10H2,1-3H3,(H,19,21,22);3-6,11H,7-8H2,1-2H3. The van der Waals surface area contributed by atoms with Gasteiger partial charge in [-0.2, -0.15) is 0 Å². The predicted molar refractivity (Wildman–Crippen MR) is 163 cm³/mol. The minimum Gasteiger partial charge on any atom is -0.444 e. The Morgan fingerprint density at radius 2 is 1.22 bits per heavy atom. The zero-order chi connectivity index (χ0) is 33.4. The van der Waals surface area contributed by atoms with Crippen LogP contribution in [-0.4, -0.2) is 46.9 Å². The van der Waals surface area contributed by atoms with E-state index in [0.717, 1.165) is 11.1 Å². The second-order valence-corrected chi connectivity index (χ2v) is 13.7. The van der Waals surface area contributed by atoms with Crippen LogP contribution < -0.4 is 5.32 Å². The van der Waals surface area contributed by atoms with Gasteiger partial charge in [0.05, 0.1) is 17.3 Å². The fourth-order valence-electron chi connectivity index (χ4n) is 5.18. The number of cyclic esters (lactones) is 2. The summed E-state index contributed by atoms with van der Waals surface area (Å²) in [6.07, 6.45) is 1.40. The van der Waals surface area contributed by atoms with Crippen LogP contribution in [0.15, 0.2) is 48.5 Å². The van der Waals surface area contributed by atoms with Gasteiger partial charge in [0.1, 0.15) is 5.60 Å². The average Bonchev–Trinajstić information content (AvgIpc) is 3.82. The molecule has 0 atom stereocenters. The number of alkyl carbamates (subject to hydrolysis) is 1. The van der Waals surface area contributed by atoms with Gasteiger partial charge >= 0.3 is 18.0 Å². The molecule has 0 spiro atoms. The number of rotatable bonds is 7. The molecule has 0 bridgehead atoms. The van der Waals surface area contributed by atoms with E-state index in [-0.39, 0.29) is 12.2 Å². The van der Waals surface area contributed by atoms with Gasteiger partial charge in [-0.05, 0) is 81.8 Å². The number of amides is 2. The maximum atomic E-state index is 12.8. The van der Waals surface area contributed by atoms with E-state index in [2.05, 4.69) is 5.32 Å². The number of ether oxygens (including phenoxy) is 3. The number of hydrogen-bond acceptors (Lipinski definition) is 9. The molecule has 240 valence electrons. The molecule has 1 saturated heterocycles. The Morgan fingerprint density at radius 3 is 1.62 bits per heavy atom. The van der Waals surface area contributed by atoms with Crippen LogP contribution in [0, 0.1) is 5.92 Å². The first-order valence-electron chi connectivity index (χ1n) is 14.5. The Kier molecular flexibility index (Phi) is 9.52. The molecule has 0 unspecified atom stereocenters. The first-order chi connectivity index (χ1) is 20.9. The molecule has 3 aliphatic rings. The van der Waals surface area contributed by atoms with E-state index in [1.807, 2.05) is 0 Å². The van der Waals surface area contributed by atoms with E-state index in [1.165, 1.54) is 13.8 Å². The summed E-state index contributed by atoms with van der Waals surface area (Å²) in [4.78, 5) is 72.7. The minimum atomic E-state index is -1.51. The molecule has 2 saturated carbocycles. The first-order valence-corrected chi connectivity index (χ1v) is 15.2. The molecule has 12 heteroatoms. The van der Waals surface area contributed by atoms with E-state index >= 15 is 0 Å². The normalized spacial score (nSPS) is 19.1. The van der Waals surface area contributed by atoms with Crippen molar-refractivity contribution >= 4 is 58.7 Å². The van der Waals surface area contributed by atoms with Crippen LogP contribution in [0.2, 0.25) is 10.0 Å². The van der Waals surface area contributed by atoms with Gasteiger partial charge in [0.15, 0.2) is 11.6 Å². The molecule has 2 aromatic carbocycles. The van der Waals surface area contributed by atoms with Crippen LogP contribution >= 0.6 is 23.2 Å². The Bertz CT molecular complexity index is 1500. The van der Waals surface area contributed by atoms with Crippen molar-refractivity contribution in [1.82, 2.24) is 5.32 Å². The maximum absolute atomic E-state index is 12.8. The third kappa shape index (κ3) is 8.10. The van der Waals surface area contributed by atoms with Gasteiger partial charge in [-0.3, -0.25) is 29.3 Å².